The van der Waals surface area contributed by atoms with Crippen molar-refractivity contribution in [3.05, 3.63) is 89.4 Å². The summed E-state index contributed by atoms with van der Waals surface area (Å²) in [5, 5.41) is 0. The smallest absolute Gasteiger partial charge is 0.123 e. The summed E-state index contributed by atoms with van der Waals surface area (Å²) in [6.07, 6.45) is 3.63. The fourth-order valence-corrected chi connectivity index (χ4v) is 2.56. The average Bonchev–Trinajstić information content (AvgIpc) is 2.95. The molecule has 118 valence electrons. The summed E-state index contributed by atoms with van der Waals surface area (Å²) in [6, 6.07) is 14.6. The van der Waals surface area contributed by atoms with Gasteiger partial charge in [-0.2, -0.15) is 0 Å². The lowest BCUT2D eigenvalue weighted by atomic mass is 10.2. The van der Waals surface area contributed by atoms with Crippen LogP contribution in [0.2, 0.25) is 0 Å². The molecule has 0 N–H and O–H groups in total. The zero-order valence-electron chi connectivity index (χ0n) is 13.1. The van der Waals surface area contributed by atoms with E-state index in [4.69, 9.17) is 4.42 Å². The molecule has 2 heterocycles. The summed E-state index contributed by atoms with van der Waals surface area (Å²) >= 11 is 0. The van der Waals surface area contributed by atoms with E-state index in [1.54, 1.807) is 6.20 Å². The fraction of sp³-hybridized carbons (Fsp3) is 0.211. The molecule has 0 atom stereocenters. The fourth-order valence-electron chi connectivity index (χ4n) is 2.56. The Morgan fingerprint density at radius 3 is 2.39 bits per heavy atom. The maximum atomic E-state index is 13.1. The molecule has 23 heavy (non-hydrogen) atoms. The van der Waals surface area contributed by atoms with Crippen LogP contribution in [-0.2, 0) is 19.6 Å². The molecule has 2 aromatic heterocycles. The maximum absolute atomic E-state index is 13.1. The zero-order valence-corrected chi connectivity index (χ0v) is 13.1. The number of halogens is 1. The summed E-state index contributed by atoms with van der Waals surface area (Å²) in [5.41, 5.74) is 2.21. The first kappa shape index (κ1) is 15.4. The number of nitrogens with zero attached hydrogens (tertiary/aromatic N) is 2. The highest BCUT2D eigenvalue weighted by Gasteiger charge is 2.11. The van der Waals surface area contributed by atoms with Gasteiger partial charge in [0.15, 0.2) is 0 Å². The summed E-state index contributed by atoms with van der Waals surface area (Å²) in [6.45, 7) is 4.11. The third-order valence-corrected chi connectivity index (χ3v) is 3.62. The lowest BCUT2D eigenvalue weighted by molar-refractivity contribution is 0.225. The quantitative estimate of drug-likeness (QED) is 0.679. The van der Waals surface area contributed by atoms with Gasteiger partial charge in [-0.05, 0) is 48.4 Å². The molecule has 0 aliphatic heterocycles. The topological polar surface area (TPSA) is 29.3 Å². The van der Waals surface area contributed by atoms with E-state index in [0.717, 1.165) is 35.7 Å². The van der Waals surface area contributed by atoms with Gasteiger partial charge in [0.1, 0.15) is 17.3 Å². The third-order valence-electron chi connectivity index (χ3n) is 3.62. The number of aryl methyl sites for hydroxylation is 1. The van der Waals surface area contributed by atoms with E-state index < -0.39 is 0 Å². The monoisotopic (exact) mass is 310 g/mol. The van der Waals surface area contributed by atoms with Crippen molar-refractivity contribution in [2.45, 2.75) is 26.6 Å². The Balaban J connectivity index is 1.75. The molecule has 3 rings (SSSR count). The lowest BCUT2D eigenvalue weighted by Gasteiger charge is -2.21. The van der Waals surface area contributed by atoms with Crippen LogP contribution in [0.4, 0.5) is 4.39 Å². The second-order valence-electron chi connectivity index (χ2n) is 5.65. The third kappa shape index (κ3) is 4.50. The van der Waals surface area contributed by atoms with Crippen molar-refractivity contribution < 1.29 is 8.81 Å². The number of aromatic nitrogens is 1. The number of hydrogen-bond donors (Lipinski definition) is 0. The molecule has 0 aliphatic rings. The van der Waals surface area contributed by atoms with E-state index in [0.29, 0.717) is 6.54 Å². The molecule has 0 unspecified atom stereocenters. The SMILES string of the molecule is Cc1ccc(CN(Cc2ccc(F)cc2)Cc2cccnc2)o1. The van der Waals surface area contributed by atoms with E-state index in [1.807, 2.05) is 43.5 Å². The minimum atomic E-state index is -0.214. The van der Waals surface area contributed by atoms with Crippen molar-refractivity contribution in [3.8, 4) is 0 Å². The first-order chi connectivity index (χ1) is 11.2. The van der Waals surface area contributed by atoms with Crippen LogP contribution in [0.5, 0.6) is 0 Å². The van der Waals surface area contributed by atoms with Gasteiger partial charge in [0.2, 0.25) is 0 Å². The van der Waals surface area contributed by atoms with Gasteiger partial charge in [0.05, 0.1) is 6.54 Å². The van der Waals surface area contributed by atoms with Crippen LogP contribution in [0.1, 0.15) is 22.6 Å². The molecule has 3 nitrogen and oxygen atoms in total. The van der Waals surface area contributed by atoms with Crippen LogP contribution in [0.15, 0.2) is 65.3 Å². The molecule has 0 saturated carbocycles. The summed E-state index contributed by atoms with van der Waals surface area (Å²) in [5.74, 6) is 1.62. The highest BCUT2D eigenvalue weighted by atomic mass is 19.1. The minimum absolute atomic E-state index is 0.214. The largest absolute Gasteiger partial charge is 0.465 e. The Bertz CT molecular complexity index is 738. The van der Waals surface area contributed by atoms with Gasteiger partial charge in [-0.15, -0.1) is 0 Å². The Morgan fingerprint density at radius 2 is 1.74 bits per heavy atom. The molecule has 0 saturated heterocycles. The van der Waals surface area contributed by atoms with Crippen LogP contribution >= 0.6 is 0 Å². The number of rotatable bonds is 6. The maximum Gasteiger partial charge on any atom is 0.123 e. The van der Waals surface area contributed by atoms with Crippen molar-refractivity contribution in [2.24, 2.45) is 0 Å². The van der Waals surface area contributed by atoms with Crippen LogP contribution < -0.4 is 0 Å². The number of pyridine rings is 1. The zero-order chi connectivity index (χ0) is 16.1. The highest BCUT2D eigenvalue weighted by Crippen LogP contribution is 2.16. The highest BCUT2D eigenvalue weighted by molar-refractivity contribution is 5.17. The second-order valence-corrected chi connectivity index (χ2v) is 5.65. The first-order valence-corrected chi connectivity index (χ1v) is 7.60. The van der Waals surface area contributed by atoms with Crippen molar-refractivity contribution in [1.82, 2.24) is 9.88 Å². The van der Waals surface area contributed by atoms with Crippen molar-refractivity contribution in [1.29, 1.82) is 0 Å². The number of furan rings is 1. The van der Waals surface area contributed by atoms with Crippen LogP contribution in [0.25, 0.3) is 0 Å². The van der Waals surface area contributed by atoms with Gasteiger partial charge in [0, 0.05) is 25.5 Å². The molecule has 3 aromatic rings. The molecular formula is C19H19FN2O. The standard InChI is InChI=1S/C19H19FN2O/c1-15-4-9-19(23-15)14-22(13-17-3-2-10-21-11-17)12-16-5-7-18(20)8-6-16/h2-11H,12-14H2,1H3. The Labute approximate surface area is 135 Å². The molecule has 0 radical (unpaired) electrons. The van der Waals surface area contributed by atoms with Gasteiger partial charge in [0.25, 0.3) is 0 Å². The van der Waals surface area contributed by atoms with E-state index in [-0.39, 0.29) is 5.82 Å². The van der Waals surface area contributed by atoms with E-state index >= 15 is 0 Å². The van der Waals surface area contributed by atoms with Crippen molar-refractivity contribution in [3.63, 3.8) is 0 Å². The normalized spacial score (nSPS) is 11.1. The summed E-state index contributed by atoms with van der Waals surface area (Å²) in [7, 11) is 0. The Kier molecular flexibility index (Phi) is 4.83. The molecule has 0 spiro atoms. The predicted octanol–water partition coefficient (Wildman–Crippen LogP) is 4.32. The first-order valence-electron chi connectivity index (χ1n) is 7.60. The Hall–Kier alpha value is -2.46. The van der Waals surface area contributed by atoms with Gasteiger partial charge >= 0.3 is 0 Å². The van der Waals surface area contributed by atoms with Crippen LogP contribution in [0, 0.1) is 12.7 Å². The summed E-state index contributed by atoms with van der Waals surface area (Å²) in [4.78, 5) is 6.42. The van der Waals surface area contributed by atoms with E-state index in [9.17, 15) is 4.39 Å². The number of benzene rings is 1. The van der Waals surface area contributed by atoms with E-state index in [2.05, 4.69) is 16.0 Å². The molecule has 0 fully saturated rings. The molecule has 0 amide bonds. The number of hydrogen-bond acceptors (Lipinski definition) is 3. The predicted molar refractivity (Wildman–Crippen MR) is 87.0 cm³/mol. The van der Waals surface area contributed by atoms with E-state index in [1.165, 1.54) is 12.1 Å². The lowest BCUT2D eigenvalue weighted by Crippen LogP contribution is -2.22. The average molecular weight is 310 g/mol. The van der Waals surface area contributed by atoms with Gasteiger partial charge in [-0.3, -0.25) is 9.88 Å². The minimum Gasteiger partial charge on any atom is -0.465 e. The van der Waals surface area contributed by atoms with Gasteiger partial charge < -0.3 is 4.42 Å². The van der Waals surface area contributed by atoms with Crippen molar-refractivity contribution >= 4 is 0 Å². The molecule has 0 bridgehead atoms. The van der Waals surface area contributed by atoms with Crippen LogP contribution in [0.3, 0.4) is 0 Å². The Morgan fingerprint density at radius 1 is 0.957 bits per heavy atom. The second kappa shape index (κ2) is 7.20. The molecular weight excluding hydrogens is 291 g/mol. The van der Waals surface area contributed by atoms with Crippen LogP contribution in [-0.4, -0.2) is 9.88 Å². The van der Waals surface area contributed by atoms with Gasteiger partial charge in [-0.1, -0.05) is 18.2 Å². The molecule has 4 heteroatoms. The van der Waals surface area contributed by atoms with Gasteiger partial charge in [-0.25, -0.2) is 4.39 Å². The summed E-state index contributed by atoms with van der Waals surface area (Å²) < 4.78 is 18.8. The van der Waals surface area contributed by atoms with Crippen molar-refractivity contribution in [2.75, 3.05) is 0 Å². The molecule has 0 aliphatic carbocycles. The molecule has 1 aromatic carbocycles.